The maximum absolute atomic E-state index is 9.48. The highest BCUT2D eigenvalue weighted by Crippen LogP contribution is 2.45. The summed E-state index contributed by atoms with van der Waals surface area (Å²) in [7, 11) is 0. The van der Waals surface area contributed by atoms with E-state index in [9.17, 15) is 5.11 Å². The van der Waals surface area contributed by atoms with Crippen molar-refractivity contribution in [1.29, 1.82) is 0 Å². The molecule has 0 saturated heterocycles. The monoisotopic (exact) mass is 156 g/mol. The first-order chi connectivity index (χ1) is 5.15. The molecule has 0 aliphatic heterocycles. The lowest BCUT2D eigenvalue weighted by atomic mass is 10.0. The Hall–Kier alpha value is -0.0400. The molecule has 1 aliphatic rings. The third kappa shape index (κ3) is 2.48. The van der Waals surface area contributed by atoms with Gasteiger partial charge in [-0.2, -0.15) is 0 Å². The zero-order valence-electron chi connectivity index (χ0n) is 7.88. The average Bonchev–Trinajstić information content (AvgIpc) is 2.65. The molecule has 1 aliphatic carbocycles. The maximum atomic E-state index is 9.48. The molecule has 0 radical (unpaired) electrons. The summed E-state index contributed by atoms with van der Waals surface area (Å²) >= 11 is 0. The van der Waals surface area contributed by atoms with E-state index in [0.717, 1.165) is 18.3 Å². The number of hydrogen-bond acceptors (Lipinski definition) is 1. The number of hydrogen-bond donors (Lipinski definition) is 1. The topological polar surface area (TPSA) is 20.2 Å². The van der Waals surface area contributed by atoms with Gasteiger partial charge in [0.15, 0.2) is 0 Å². The van der Waals surface area contributed by atoms with Gasteiger partial charge in [0.05, 0.1) is 6.10 Å². The molecule has 0 amide bonds. The summed E-state index contributed by atoms with van der Waals surface area (Å²) < 4.78 is 0. The van der Waals surface area contributed by atoms with Crippen molar-refractivity contribution in [3.8, 4) is 0 Å². The van der Waals surface area contributed by atoms with Crippen molar-refractivity contribution in [3.63, 3.8) is 0 Å². The van der Waals surface area contributed by atoms with E-state index in [4.69, 9.17) is 0 Å². The first kappa shape index (κ1) is 9.05. The lowest BCUT2D eigenvalue weighted by Gasteiger charge is -2.07. The highest BCUT2D eigenvalue weighted by Gasteiger charge is 2.41. The molecule has 0 heterocycles. The largest absolute Gasteiger partial charge is 0.393 e. The van der Waals surface area contributed by atoms with Crippen molar-refractivity contribution >= 4 is 0 Å². The summed E-state index contributed by atoms with van der Waals surface area (Å²) in [6.45, 7) is 6.58. The molecule has 3 atom stereocenters. The predicted molar refractivity (Wildman–Crippen MR) is 47.3 cm³/mol. The Morgan fingerprint density at radius 3 is 2.55 bits per heavy atom. The third-order valence-electron chi connectivity index (χ3n) is 2.66. The van der Waals surface area contributed by atoms with E-state index in [2.05, 4.69) is 20.8 Å². The molecule has 3 unspecified atom stereocenters. The van der Waals surface area contributed by atoms with Crippen molar-refractivity contribution in [2.24, 2.45) is 17.8 Å². The van der Waals surface area contributed by atoms with Crippen LogP contribution in [0.25, 0.3) is 0 Å². The third-order valence-corrected chi connectivity index (χ3v) is 2.66. The van der Waals surface area contributed by atoms with Crippen LogP contribution in [0.3, 0.4) is 0 Å². The van der Waals surface area contributed by atoms with Crippen LogP contribution in [0, 0.1) is 17.8 Å². The van der Waals surface area contributed by atoms with Gasteiger partial charge in [0.25, 0.3) is 0 Å². The van der Waals surface area contributed by atoms with Crippen molar-refractivity contribution in [1.82, 2.24) is 0 Å². The summed E-state index contributed by atoms with van der Waals surface area (Å²) in [4.78, 5) is 0. The lowest BCUT2D eigenvalue weighted by Crippen LogP contribution is -2.09. The van der Waals surface area contributed by atoms with Crippen LogP contribution in [0.4, 0.5) is 0 Å². The highest BCUT2D eigenvalue weighted by atomic mass is 16.3. The normalized spacial score (nSPS) is 32.5. The quantitative estimate of drug-likeness (QED) is 0.663. The first-order valence-electron chi connectivity index (χ1n) is 4.83. The van der Waals surface area contributed by atoms with Gasteiger partial charge in [0, 0.05) is 0 Å². The van der Waals surface area contributed by atoms with E-state index in [1.807, 2.05) is 0 Å². The van der Waals surface area contributed by atoms with Gasteiger partial charge in [-0.05, 0) is 37.0 Å². The molecule has 0 aromatic rings. The Bertz CT molecular complexity index is 120. The Balaban J connectivity index is 2.15. The van der Waals surface area contributed by atoms with Gasteiger partial charge in [-0.25, -0.2) is 0 Å². The van der Waals surface area contributed by atoms with Gasteiger partial charge in [-0.1, -0.05) is 20.8 Å². The second-order valence-corrected chi connectivity index (χ2v) is 4.26. The van der Waals surface area contributed by atoms with E-state index in [0.29, 0.717) is 5.92 Å². The summed E-state index contributed by atoms with van der Waals surface area (Å²) in [6, 6.07) is 0. The number of aliphatic hydroxyl groups excluding tert-OH is 1. The second kappa shape index (κ2) is 3.57. The molecular formula is C10H20O. The van der Waals surface area contributed by atoms with Crippen LogP contribution in [-0.4, -0.2) is 11.2 Å². The van der Waals surface area contributed by atoms with Gasteiger partial charge < -0.3 is 5.11 Å². The van der Waals surface area contributed by atoms with Crippen molar-refractivity contribution in [3.05, 3.63) is 0 Å². The minimum atomic E-state index is -0.0150. The second-order valence-electron chi connectivity index (χ2n) is 4.26. The van der Waals surface area contributed by atoms with Gasteiger partial charge in [-0.3, -0.25) is 0 Å². The Morgan fingerprint density at radius 1 is 1.45 bits per heavy atom. The van der Waals surface area contributed by atoms with Crippen molar-refractivity contribution in [2.45, 2.75) is 46.1 Å². The molecule has 1 nitrogen and oxygen atoms in total. The fourth-order valence-corrected chi connectivity index (χ4v) is 1.92. The maximum Gasteiger partial charge on any atom is 0.0568 e. The van der Waals surface area contributed by atoms with Gasteiger partial charge in [0.2, 0.25) is 0 Å². The van der Waals surface area contributed by atoms with Crippen LogP contribution in [-0.2, 0) is 0 Å². The van der Waals surface area contributed by atoms with E-state index in [-0.39, 0.29) is 6.10 Å². The van der Waals surface area contributed by atoms with Crippen LogP contribution in [0.15, 0.2) is 0 Å². The molecule has 1 N–H and O–H groups in total. The summed E-state index contributed by atoms with van der Waals surface area (Å²) in [5.41, 5.74) is 0. The predicted octanol–water partition coefficient (Wildman–Crippen LogP) is 2.44. The SMILES string of the molecule is CCC(O)C1CC1CC(C)C. The van der Waals surface area contributed by atoms with Gasteiger partial charge in [0.1, 0.15) is 0 Å². The van der Waals surface area contributed by atoms with E-state index < -0.39 is 0 Å². The summed E-state index contributed by atoms with van der Waals surface area (Å²) in [5, 5.41) is 9.48. The molecule has 1 rings (SSSR count). The van der Waals surface area contributed by atoms with Crippen LogP contribution in [0.5, 0.6) is 0 Å². The van der Waals surface area contributed by atoms with E-state index >= 15 is 0 Å². The summed E-state index contributed by atoms with van der Waals surface area (Å²) in [6.07, 6.45) is 3.49. The minimum absolute atomic E-state index is 0.0150. The van der Waals surface area contributed by atoms with Crippen molar-refractivity contribution in [2.75, 3.05) is 0 Å². The molecule has 1 heteroatoms. The van der Waals surface area contributed by atoms with E-state index in [1.54, 1.807) is 0 Å². The molecule has 11 heavy (non-hydrogen) atoms. The molecule has 1 fully saturated rings. The summed E-state index contributed by atoms with van der Waals surface area (Å²) in [5.74, 6) is 2.28. The number of rotatable bonds is 4. The molecule has 1 saturated carbocycles. The minimum Gasteiger partial charge on any atom is -0.393 e. The zero-order chi connectivity index (χ0) is 8.43. The Kier molecular flexibility index (Phi) is 2.94. The van der Waals surface area contributed by atoms with Crippen LogP contribution in [0.1, 0.15) is 40.0 Å². The lowest BCUT2D eigenvalue weighted by molar-refractivity contribution is 0.139. The number of aliphatic hydroxyl groups is 1. The fourth-order valence-electron chi connectivity index (χ4n) is 1.92. The standard InChI is InChI=1S/C10H20O/c1-4-10(11)9-6-8(9)5-7(2)3/h7-11H,4-6H2,1-3H3. The van der Waals surface area contributed by atoms with Crippen LogP contribution < -0.4 is 0 Å². The van der Waals surface area contributed by atoms with Gasteiger partial charge >= 0.3 is 0 Å². The molecule has 66 valence electrons. The first-order valence-corrected chi connectivity index (χ1v) is 4.83. The van der Waals surface area contributed by atoms with E-state index in [1.165, 1.54) is 12.8 Å². The zero-order valence-corrected chi connectivity index (χ0v) is 7.88. The molecular weight excluding hydrogens is 136 g/mol. The average molecular weight is 156 g/mol. The smallest absolute Gasteiger partial charge is 0.0568 e. The molecule has 0 aromatic heterocycles. The van der Waals surface area contributed by atoms with Crippen LogP contribution in [0.2, 0.25) is 0 Å². The molecule has 0 bridgehead atoms. The van der Waals surface area contributed by atoms with Crippen molar-refractivity contribution < 1.29 is 5.11 Å². The molecule has 0 aromatic carbocycles. The Labute approximate surface area is 69.8 Å². The Morgan fingerprint density at radius 2 is 2.09 bits per heavy atom. The van der Waals surface area contributed by atoms with Crippen LogP contribution >= 0.6 is 0 Å². The molecule has 0 spiro atoms. The van der Waals surface area contributed by atoms with Gasteiger partial charge in [-0.15, -0.1) is 0 Å². The fraction of sp³-hybridized carbons (Fsp3) is 1.00. The highest BCUT2D eigenvalue weighted by molar-refractivity contribution is 4.91.